The van der Waals surface area contributed by atoms with Gasteiger partial charge < -0.3 is 4.74 Å². The smallest absolute Gasteiger partial charge is 0.119 e. The molecule has 0 aliphatic rings. The van der Waals surface area contributed by atoms with Crippen LogP contribution in [0.1, 0.15) is 6.92 Å². The van der Waals surface area contributed by atoms with Gasteiger partial charge in [-0.1, -0.05) is 18.2 Å². The van der Waals surface area contributed by atoms with Crippen molar-refractivity contribution in [2.45, 2.75) is 6.92 Å². The first-order valence-electron chi connectivity index (χ1n) is 5.14. The third-order valence-corrected chi connectivity index (χ3v) is 2.70. The Labute approximate surface area is 103 Å². The molecular formula is C13H12BrNO. The highest BCUT2D eigenvalue weighted by atomic mass is 79.9. The average molecular weight is 278 g/mol. The molecule has 82 valence electrons. The zero-order valence-electron chi connectivity index (χ0n) is 8.98. The summed E-state index contributed by atoms with van der Waals surface area (Å²) in [4.78, 5) is 4.20. The van der Waals surface area contributed by atoms with E-state index in [2.05, 4.69) is 20.9 Å². The zero-order chi connectivity index (χ0) is 11.4. The number of hydrogen-bond acceptors (Lipinski definition) is 2. The van der Waals surface area contributed by atoms with Gasteiger partial charge in [0.25, 0.3) is 0 Å². The summed E-state index contributed by atoms with van der Waals surface area (Å²) in [5.74, 6) is 0.899. The standard InChI is InChI=1S/C13H12BrNO/c1-2-16-12-6-3-10(4-7-12)11-5-8-13(14)15-9-11/h3-9H,2H2,1H3. The molecule has 0 aliphatic heterocycles. The SMILES string of the molecule is CCOc1ccc(-c2ccc(Br)nc2)cc1. The fourth-order valence-corrected chi connectivity index (χ4v) is 1.69. The topological polar surface area (TPSA) is 22.1 Å². The Bertz CT molecular complexity index is 450. The fourth-order valence-electron chi connectivity index (χ4n) is 1.46. The second kappa shape index (κ2) is 5.12. The van der Waals surface area contributed by atoms with Crippen LogP contribution in [-0.4, -0.2) is 11.6 Å². The summed E-state index contributed by atoms with van der Waals surface area (Å²) in [5.41, 5.74) is 2.25. The monoisotopic (exact) mass is 277 g/mol. The van der Waals surface area contributed by atoms with Crippen LogP contribution >= 0.6 is 15.9 Å². The highest BCUT2D eigenvalue weighted by Gasteiger charge is 1.98. The fraction of sp³-hybridized carbons (Fsp3) is 0.154. The van der Waals surface area contributed by atoms with E-state index in [-0.39, 0.29) is 0 Å². The first kappa shape index (κ1) is 11.1. The van der Waals surface area contributed by atoms with E-state index < -0.39 is 0 Å². The Hall–Kier alpha value is -1.35. The lowest BCUT2D eigenvalue weighted by Gasteiger charge is -2.04. The van der Waals surface area contributed by atoms with Crippen LogP contribution in [0.2, 0.25) is 0 Å². The van der Waals surface area contributed by atoms with Gasteiger partial charge in [0, 0.05) is 11.8 Å². The predicted molar refractivity (Wildman–Crippen MR) is 68.5 cm³/mol. The van der Waals surface area contributed by atoms with E-state index in [9.17, 15) is 0 Å². The second-order valence-corrected chi connectivity index (χ2v) is 4.14. The summed E-state index contributed by atoms with van der Waals surface area (Å²) in [7, 11) is 0. The van der Waals surface area contributed by atoms with E-state index in [1.54, 1.807) is 0 Å². The van der Waals surface area contributed by atoms with Crippen LogP contribution in [0.25, 0.3) is 11.1 Å². The Morgan fingerprint density at radius 3 is 2.31 bits per heavy atom. The van der Waals surface area contributed by atoms with Gasteiger partial charge in [-0.2, -0.15) is 0 Å². The van der Waals surface area contributed by atoms with E-state index in [4.69, 9.17) is 4.74 Å². The number of aromatic nitrogens is 1. The largest absolute Gasteiger partial charge is 0.494 e. The summed E-state index contributed by atoms with van der Waals surface area (Å²) in [5, 5.41) is 0. The van der Waals surface area contributed by atoms with Gasteiger partial charge in [-0.3, -0.25) is 0 Å². The highest BCUT2D eigenvalue weighted by Crippen LogP contribution is 2.22. The van der Waals surface area contributed by atoms with Crippen molar-refractivity contribution in [2.24, 2.45) is 0 Å². The maximum absolute atomic E-state index is 5.39. The zero-order valence-corrected chi connectivity index (χ0v) is 10.6. The van der Waals surface area contributed by atoms with Crippen molar-refractivity contribution in [3.05, 3.63) is 47.2 Å². The summed E-state index contributed by atoms with van der Waals surface area (Å²) in [6.45, 7) is 2.67. The number of benzene rings is 1. The van der Waals surface area contributed by atoms with Crippen molar-refractivity contribution < 1.29 is 4.74 Å². The average Bonchev–Trinajstić information content (AvgIpc) is 2.32. The van der Waals surface area contributed by atoms with Crippen molar-refractivity contribution in [3.8, 4) is 16.9 Å². The van der Waals surface area contributed by atoms with E-state index in [1.807, 2.05) is 49.5 Å². The lowest BCUT2D eigenvalue weighted by Crippen LogP contribution is -1.90. The predicted octanol–water partition coefficient (Wildman–Crippen LogP) is 3.91. The van der Waals surface area contributed by atoms with E-state index in [0.29, 0.717) is 6.61 Å². The minimum atomic E-state index is 0.694. The van der Waals surface area contributed by atoms with Crippen molar-refractivity contribution in [2.75, 3.05) is 6.61 Å². The molecule has 1 aromatic carbocycles. The lowest BCUT2D eigenvalue weighted by molar-refractivity contribution is 0.340. The van der Waals surface area contributed by atoms with Crippen molar-refractivity contribution in [3.63, 3.8) is 0 Å². The van der Waals surface area contributed by atoms with Crippen LogP contribution in [0.5, 0.6) is 5.75 Å². The number of nitrogens with zero attached hydrogens (tertiary/aromatic N) is 1. The normalized spacial score (nSPS) is 10.1. The minimum Gasteiger partial charge on any atom is -0.494 e. The number of halogens is 1. The molecule has 3 heteroatoms. The van der Waals surface area contributed by atoms with Crippen molar-refractivity contribution in [1.82, 2.24) is 4.98 Å². The molecule has 0 atom stereocenters. The van der Waals surface area contributed by atoms with Gasteiger partial charge in [0.05, 0.1) is 6.61 Å². The first-order chi connectivity index (χ1) is 7.79. The molecule has 1 aromatic heterocycles. The molecule has 0 radical (unpaired) electrons. The molecule has 16 heavy (non-hydrogen) atoms. The van der Waals surface area contributed by atoms with Gasteiger partial charge in [0.2, 0.25) is 0 Å². The maximum atomic E-state index is 5.39. The molecule has 0 saturated carbocycles. The van der Waals surface area contributed by atoms with Gasteiger partial charge in [0.15, 0.2) is 0 Å². The van der Waals surface area contributed by atoms with Crippen LogP contribution in [-0.2, 0) is 0 Å². The van der Waals surface area contributed by atoms with Gasteiger partial charge >= 0.3 is 0 Å². The quantitative estimate of drug-likeness (QED) is 0.794. The number of ether oxygens (including phenoxy) is 1. The van der Waals surface area contributed by atoms with E-state index in [1.165, 1.54) is 0 Å². The number of pyridine rings is 1. The Balaban J connectivity index is 2.24. The summed E-state index contributed by atoms with van der Waals surface area (Å²) in [6, 6.07) is 12.0. The van der Waals surface area contributed by atoms with Gasteiger partial charge in [-0.15, -0.1) is 0 Å². The Morgan fingerprint density at radius 1 is 1.06 bits per heavy atom. The van der Waals surface area contributed by atoms with Crippen LogP contribution in [0.15, 0.2) is 47.2 Å². The number of hydrogen-bond donors (Lipinski definition) is 0. The molecule has 2 nitrogen and oxygen atoms in total. The molecule has 2 rings (SSSR count). The molecule has 1 heterocycles. The van der Waals surface area contributed by atoms with Crippen molar-refractivity contribution >= 4 is 15.9 Å². The van der Waals surface area contributed by atoms with Crippen LogP contribution in [0, 0.1) is 0 Å². The highest BCUT2D eigenvalue weighted by molar-refractivity contribution is 9.10. The minimum absolute atomic E-state index is 0.694. The second-order valence-electron chi connectivity index (χ2n) is 3.33. The number of rotatable bonds is 3. The summed E-state index contributed by atoms with van der Waals surface area (Å²) < 4.78 is 6.24. The maximum Gasteiger partial charge on any atom is 0.119 e. The third kappa shape index (κ3) is 2.61. The van der Waals surface area contributed by atoms with Crippen LogP contribution in [0.3, 0.4) is 0 Å². The van der Waals surface area contributed by atoms with Crippen LogP contribution < -0.4 is 4.74 Å². The molecule has 0 fully saturated rings. The molecule has 0 unspecified atom stereocenters. The molecular weight excluding hydrogens is 266 g/mol. The van der Waals surface area contributed by atoms with Gasteiger partial charge in [-0.25, -0.2) is 4.98 Å². The van der Waals surface area contributed by atoms with Crippen LogP contribution in [0.4, 0.5) is 0 Å². The third-order valence-electron chi connectivity index (χ3n) is 2.23. The van der Waals surface area contributed by atoms with Crippen molar-refractivity contribution in [1.29, 1.82) is 0 Å². The van der Waals surface area contributed by atoms with E-state index in [0.717, 1.165) is 21.5 Å². The first-order valence-corrected chi connectivity index (χ1v) is 5.93. The Kier molecular flexibility index (Phi) is 3.57. The van der Waals surface area contributed by atoms with E-state index >= 15 is 0 Å². The molecule has 0 amide bonds. The molecule has 2 aromatic rings. The summed E-state index contributed by atoms with van der Waals surface area (Å²) >= 11 is 3.32. The van der Waals surface area contributed by atoms with Gasteiger partial charge in [0.1, 0.15) is 10.4 Å². The van der Waals surface area contributed by atoms with Gasteiger partial charge in [-0.05, 0) is 46.6 Å². The lowest BCUT2D eigenvalue weighted by atomic mass is 10.1. The molecule has 0 bridgehead atoms. The Morgan fingerprint density at radius 2 is 1.75 bits per heavy atom. The molecule has 0 spiro atoms. The summed E-state index contributed by atoms with van der Waals surface area (Å²) in [6.07, 6.45) is 1.85. The molecule has 0 N–H and O–H groups in total. The molecule has 0 aliphatic carbocycles. The molecule has 0 saturated heterocycles.